The molecule has 1 aromatic heterocycles. The fourth-order valence-electron chi connectivity index (χ4n) is 2.40. The lowest BCUT2D eigenvalue weighted by molar-refractivity contribution is -0.383. The number of nitrogens with zero attached hydrogens (tertiary/aromatic N) is 4. The second kappa shape index (κ2) is 4.74. The molecule has 8 nitrogen and oxygen atoms in total. The number of para-hydroxylation sites is 1. The molecule has 3 rings (SSSR count). The van der Waals surface area contributed by atoms with Gasteiger partial charge in [0.05, 0.1) is 4.92 Å². The molecule has 0 atom stereocenters. The van der Waals surface area contributed by atoms with Gasteiger partial charge in [-0.3, -0.25) is 10.1 Å². The molecule has 1 aliphatic heterocycles. The number of nitro groups is 1. The number of aromatic nitrogens is 2. The zero-order chi connectivity index (χ0) is 14.1. The van der Waals surface area contributed by atoms with Gasteiger partial charge in [-0.2, -0.15) is 0 Å². The molecule has 0 saturated carbocycles. The molecule has 1 aromatic carbocycles. The summed E-state index contributed by atoms with van der Waals surface area (Å²) in [7, 11) is 0. The molecule has 0 fully saturated rings. The Hall–Kier alpha value is -2.74. The summed E-state index contributed by atoms with van der Waals surface area (Å²) in [6.45, 7) is 0.640. The van der Waals surface area contributed by atoms with Crippen LogP contribution in [0.2, 0.25) is 0 Å². The highest BCUT2D eigenvalue weighted by molar-refractivity contribution is 5.78. The first-order valence-electron chi connectivity index (χ1n) is 6.04. The van der Waals surface area contributed by atoms with E-state index in [1.54, 1.807) is 0 Å². The largest absolute Gasteiger partial charge is 0.355 e. The minimum absolute atomic E-state index is 0.00406. The molecule has 0 saturated heterocycles. The lowest BCUT2D eigenvalue weighted by atomic mass is 10.2. The fourth-order valence-corrected chi connectivity index (χ4v) is 2.40. The molecule has 8 heteroatoms. The number of hydrazine groups is 1. The highest BCUT2D eigenvalue weighted by Gasteiger charge is 2.30. The van der Waals surface area contributed by atoms with Crippen molar-refractivity contribution >= 4 is 23.0 Å². The van der Waals surface area contributed by atoms with Crippen LogP contribution in [0.3, 0.4) is 0 Å². The molecule has 3 N–H and O–H groups in total. The summed E-state index contributed by atoms with van der Waals surface area (Å²) in [5.74, 6) is 5.54. The van der Waals surface area contributed by atoms with E-state index in [2.05, 4.69) is 15.4 Å². The third-order valence-electron chi connectivity index (χ3n) is 3.27. The van der Waals surface area contributed by atoms with Crippen LogP contribution in [0.25, 0.3) is 0 Å². The Labute approximate surface area is 114 Å². The Kier molecular flexibility index (Phi) is 2.92. The summed E-state index contributed by atoms with van der Waals surface area (Å²) in [5, 5.41) is 11.3. The van der Waals surface area contributed by atoms with Crippen LogP contribution in [0.5, 0.6) is 0 Å². The number of fused-ring (bicyclic) bond motifs is 1. The normalized spacial score (nSPS) is 13.2. The van der Waals surface area contributed by atoms with Crippen LogP contribution in [0.1, 0.15) is 5.56 Å². The molecule has 20 heavy (non-hydrogen) atoms. The van der Waals surface area contributed by atoms with Crippen LogP contribution in [0.4, 0.5) is 23.0 Å². The van der Waals surface area contributed by atoms with E-state index in [0.29, 0.717) is 6.54 Å². The number of benzene rings is 1. The number of nitrogens with two attached hydrogens (primary N) is 1. The van der Waals surface area contributed by atoms with Crippen LogP contribution in [0, 0.1) is 10.1 Å². The topological polar surface area (TPSA) is 110 Å². The minimum Gasteiger partial charge on any atom is -0.320 e. The molecule has 0 unspecified atom stereocenters. The summed E-state index contributed by atoms with van der Waals surface area (Å²) in [6, 6.07) is 7.77. The van der Waals surface area contributed by atoms with Gasteiger partial charge < -0.3 is 10.3 Å². The average molecular weight is 272 g/mol. The van der Waals surface area contributed by atoms with Gasteiger partial charge in [-0.25, -0.2) is 15.8 Å². The maximum Gasteiger partial charge on any atom is 0.355 e. The number of anilines is 3. The zero-order valence-electron chi connectivity index (χ0n) is 10.5. The lowest BCUT2D eigenvalue weighted by Gasteiger charge is -2.18. The van der Waals surface area contributed by atoms with E-state index in [1.165, 1.54) is 6.33 Å². The van der Waals surface area contributed by atoms with Crippen molar-refractivity contribution in [3.8, 4) is 0 Å². The highest BCUT2D eigenvalue weighted by Crippen LogP contribution is 2.39. The molecule has 0 amide bonds. The van der Waals surface area contributed by atoms with E-state index in [4.69, 9.17) is 5.84 Å². The van der Waals surface area contributed by atoms with Crippen molar-refractivity contribution in [2.24, 2.45) is 5.84 Å². The molecule has 0 spiro atoms. The van der Waals surface area contributed by atoms with E-state index < -0.39 is 4.92 Å². The first kappa shape index (κ1) is 12.3. The van der Waals surface area contributed by atoms with Gasteiger partial charge in [0.1, 0.15) is 6.33 Å². The smallest absolute Gasteiger partial charge is 0.320 e. The van der Waals surface area contributed by atoms with E-state index >= 15 is 0 Å². The molecular formula is C12H12N6O2. The van der Waals surface area contributed by atoms with Crippen molar-refractivity contribution in [2.45, 2.75) is 6.42 Å². The van der Waals surface area contributed by atoms with Crippen LogP contribution in [0.15, 0.2) is 30.6 Å². The second-order valence-corrected chi connectivity index (χ2v) is 4.33. The van der Waals surface area contributed by atoms with Gasteiger partial charge in [0.15, 0.2) is 0 Å². The molecule has 102 valence electrons. The maximum atomic E-state index is 11.3. The number of nitrogens with one attached hydrogen (secondary N) is 1. The quantitative estimate of drug-likeness (QED) is 0.493. The average Bonchev–Trinajstić information content (AvgIpc) is 2.90. The van der Waals surface area contributed by atoms with Crippen molar-refractivity contribution in [1.82, 2.24) is 9.97 Å². The van der Waals surface area contributed by atoms with E-state index in [1.807, 2.05) is 29.2 Å². The van der Waals surface area contributed by atoms with Crippen LogP contribution >= 0.6 is 0 Å². The molecule has 2 aromatic rings. The van der Waals surface area contributed by atoms with Gasteiger partial charge in [0.25, 0.3) is 0 Å². The van der Waals surface area contributed by atoms with Crippen LogP contribution < -0.4 is 16.2 Å². The number of nitrogen functional groups attached to an aromatic ring is 1. The van der Waals surface area contributed by atoms with Crippen molar-refractivity contribution in [2.75, 3.05) is 16.9 Å². The Morgan fingerprint density at radius 2 is 2.15 bits per heavy atom. The van der Waals surface area contributed by atoms with Gasteiger partial charge in [-0.15, -0.1) is 0 Å². The molecule has 0 radical (unpaired) electrons. The second-order valence-electron chi connectivity index (χ2n) is 4.33. The Morgan fingerprint density at radius 3 is 2.90 bits per heavy atom. The van der Waals surface area contributed by atoms with Crippen molar-refractivity contribution in [3.63, 3.8) is 0 Å². The fraction of sp³-hybridized carbons (Fsp3) is 0.167. The van der Waals surface area contributed by atoms with E-state index in [-0.39, 0.29) is 17.3 Å². The third kappa shape index (κ3) is 1.82. The van der Waals surface area contributed by atoms with Gasteiger partial charge in [0, 0.05) is 12.2 Å². The van der Waals surface area contributed by atoms with Gasteiger partial charge in [-0.05, 0) is 18.1 Å². The van der Waals surface area contributed by atoms with Gasteiger partial charge in [-0.1, -0.05) is 18.2 Å². The van der Waals surface area contributed by atoms with Gasteiger partial charge >= 0.3 is 5.69 Å². The number of rotatable bonds is 3. The van der Waals surface area contributed by atoms with Crippen LogP contribution in [-0.2, 0) is 6.42 Å². The summed E-state index contributed by atoms with van der Waals surface area (Å²) in [5.41, 5.74) is 4.10. The summed E-state index contributed by atoms with van der Waals surface area (Å²) in [4.78, 5) is 20.4. The molecule has 0 aliphatic carbocycles. The summed E-state index contributed by atoms with van der Waals surface area (Å²) >= 11 is 0. The highest BCUT2D eigenvalue weighted by atomic mass is 16.6. The monoisotopic (exact) mass is 272 g/mol. The first-order valence-corrected chi connectivity index (χ1v) is 6.04. The SMILES string of the molecule is NNc1ncnc(N2CCc3ccccc32)c1[N+](=O)[O-]. The summed E-state index contributed by atoms with van der Waals surface area (Å²) in [6.07, 6.45) is 2.08. The zero-order valence-corrected chi connectivity index (χ0v) is 10.5. The predicted molar refractivity (Wildman–Crippen MR) is 73.6 cm³/mol. The standard InChI is InChI=1S/C12H12N6O2/c13-16-11-10(18(19)20)12(15-7-14-11)17-6-5-8-3-1-2-4-9(8)17/h1-4,7H,5-6,13H2,(H,14,15,16). The first-order chi connectivity index (χ1) is 9.72. The van der Waals surface area contributed by atoms with Crippen LogP contribution in [-0.4, -0.2) is 21.4 Å². The lowest BCUT2D eigenvalue weighted by Crippen LogP contribution is -2.19. The molecular weight excluding hydrogens is 260 g/mol. The third-order valence-corrected chi connectivity index (χ3v) is 3.27. The predicted octanol–water partition coefficient (Wildman–Crippen LogP) is 1.36. The Bertz CT molecular complexity index is 675. The van der Waals surface area contributed by atoms with Gasteiger partial charge in [0.2, 0.25) is 11.6 Å². The maximum absolute atomic E-state index is 11.3. The number of hydrogen-bond donors (Lipinski definition) is 2. The van der Waals surface area contributed by atoms with E-state index in [9.17, 15) is 10.1 Å². The molecule has 1 aliphatic rings. The minimum atomic E-state index is -0.522. The Balaban J connectivity index is 2.15. The molecule has 2 heterocycles. The number of hydrogen-bond acceptors (Lipinski definition) is 7. The van der Waals surface area contributed by atoms with Crippen molar-refractivity contribution in [3.05, 3.63) is 46.3 Å². The Morgan fingerprint density at radius 1 is 1.35 bits per heavy atom. The van der Waals surface area contributed by atoms with Crippen molar-refractivity contribution < 1.29 is 4.92 Å². The summed E-state index contributed by atoms with van der Waals surface area (Å²) < 4.78 is 0. The van der Waals surface area contributed by atoms with Crippen molar-refractivity contribution in [1.29, 1.82) is 0 Å². The van der Waals surface area contributed by atoms with E-state index in [0.717, 1.165) is 17.7 Å². The molecule has 0 bridgehead atoms.